The second kappa shape index (κ2) is 6.06. The Morgan fingerprint density at radius 3 is 2.79 bits per heavy atom. The predicted octanol–water partition coefficient (Wildman–Crippen LogP) is 2.82. The van der Waals surface area contributed by atoms with Crippen LogP contribution in [0.4, 0.5) is 0 Å². The Balaban J connectivity index is 1.63. The smallest absolute Gasteiger partial charge is 0.256 e. The van der Waals surface area contributed by atoms with Crippen LogP contribution < -0.4 is 0 Å². The minimum atomic E-state index is -0.0474. The number of hydrogen-bond acceptors (Lipinski definition) is 3. The molecule has 2 aliphatic rings. The fraction of sp³-hybridized carbons (Fsp3) is 0.474. The Kier molecular flexibility index (Phi) is 3.88. The molecule has 2 aromatic rings. The Morgan fingerprint density at radius 2 is 2.12 bits per heavy atom. The van der Waals surface area contributed by atoms with E-state index in [1.54, 1.807) is 0 Å². The van der Waals surface area contributed by atoms with Crippen LogP contribution in [0.15, 0.2) is 30.5 Å². The first-order valence-corrected chi connectivity index (χ1v) is 8.62. The first-order chi connectivity index (χ1) is 11.6. The summed E-state index contributed by atoms with van der Waals surface area (Å²) in [4.78, 5) is 19.8. The minimum Gasteiger partial charge on any atom is -0.377 e. The summed E-state index contributed by atoms with van der Waals surface area (Å²) in [5, 5.41) is 0. The van der Waals surface area contributed by atoms with Crippen molar-refractivity contribution in [2.75, 3.05) is 19.8 Å². The van der Waals surface area contributed by atoms with Gasteiger partial charge in [0.25, 0.3) is 5.91 Å². The summed E-state index contributed by atoms with van der Waals surface area (Å²) in [6.07, 6.45) is 4.45. The molecule has 1 unspecified atom stereocenters. The molecule has 1 saturated heterocycles. The number of aryl methyl sites for hydroxylation is 2. The summed E-state index contributed by atoms with van der Waals surface area (Å²) in [5.41, 5.74) is 3.77. The Hall–Kier alpha value is -2.14. The zero-order valence-corrected chi connectivity index (χ0v) is 14.2. The van der Waals surface area contributed by atoms with Crippen molar-refractivity contribution in [2.45, 2.75) is 31.7 Å². The van der Waals surface area contributed by atoms with Gasteiger partial charge < -0.3 is 14.2 Å². The third-order valence-corrected chi connectivity index (χ3v) is 5.05. The Morgan fingerprint density at radius 1 is 1.29 bits per heavy atom. The molecule has 24 heavy (non-hydrogen) atoms. The molecule has 5 heteroatoms. The third-order valence-electron chi connectivity index (χ3n) is 5.05. The van der Waals surface area contributed by atoms with Gasteiger partial charge in [0.2, 0.25) is 0 Å². The van der Waals surface area contributed by atoms with Crippen LogP contribution in [0.1, 0.15) is 52.2 Å². The molecule has 0 radical (unpaired) electrons. The molecular weight excluding hydrogens is 302 g/mol. The van der Waals surface area contributed by atoms with Gasteiger partial charge in [-0.3, -0.25) is 9.78 Å². The molecule has 1 atom stereocenters. The van der Waals surface area contributed by atoms with Crippen LogP contribution in [-0.4, -0.2) is 40.1 Å². The van der Waals surface area contributed by atoms with Crippen molar-refractivity contribution in [3.63, 3.8) is 0 Å². The molecule has 1 saturated carbocycles. The number of pyridine rings is 1. The summed E-state index contributed by atoms with van der Waals surface area (Å²) in [7, 11) is 2.00. The van der Waals surface area contributed by atoms with Gasteiger partial charge in [-0.25, -0.2) is 0 Å². The lowest BCUT2D eigenvalue weighted by Gasteiger charge is -2.36. The maximum Gasteiger partial charge on any atom is 0.256 e. The maximum absolute atomic E-state index is 13.2. The van der Waals surface area contributed by atoms with E-state index in [0.29, 0.717) is 31.2 Å². The second-order valence-electron chi connectivity index (χ2n) is 6.78. The molecule has 0 spiro atoms. The number of rotatable bonds is 3. The highest BCUT2D eigenvalue weighted by Gasteiger charge is 2.32. The lowest BCUT2D eigenvalue weighted by Crippen LogP contribution is -2.44. The van der Waals surface area contributed by atoms with Crippen molar-refractivity contribution in [3.8, 4) is 0 Å². The van der Waals surface area contributed by atoms with E-state index in [2.05, 4.69) is 15.6 Å². The Bertz CT molecular complexity index is 764. The maximum atomic E-state index is 13.2. The van der Waals surface area contributed by atoms with Crippen LogP contribution >= 0.6 is 0 Å². The first-order valence-electron chi connectivity index (χ1n) is 8.62. The number of morpholine rings is 1. The van der Waals surface area contributed by atoms with Gasteiger partial charge in [0.05, 0.1) is 30.5 Å². The van der Waals surface area contributed by atoms with E-state index < -0.39 is 0 Å². The quantitative estimate of drug-likeness (QED) is 0.872. The van der Waals surface area contributed by atoms with E-state index in [1.807, 2.05) is 43.3 Å². The molecule has 1 aliphatic carbocycles. The Labute approximate surface area is 142 Å². The van der Waals surface area contributed by atoms with Crippen molar-refractivity contribution in [2.24, 2.45) is 7.05 Å². The minimum absolute atomic E-state index is 0.0474. The molecule has 2 fully saturated rings. The number of amides is 1. The van der Waals surface area contributed by atoms with Gasteiger partial charge in [0.15, 0.2) is 0 Å². The average molecular weight is 325 g/mol. The molecule has 1 amide bonds. The van der Waals surface area contributed by atoms with Crippen molar-refractivity contribution in [3.05, 3.63) is 53.1 Å². The largest absolute Gasteiger partial charge is 0.377 e. The molecule has 4 rings (SSSR count). The van der Waals surface area contributed by atoms with Gasteiger partial charge >= 0.3 is 0 Å². The van der Waals surface area contributed by atoms with E-state index in [1.165, 1.54) is 12.8 Å². The highest BCUT2D eigenvalue weighted by Crippen LogP contribution is 2.39. The highest BCUT2D eigenvalue weighted by molar-refractivity contribution is 5.95. The van der Waals surface area contributed by atoms with E-state index in [4.69, 9.17) is 4.74 Å². The van der Waals surface area contributed by atoms with Crippen LogP contribution in [0.5, 0.6) is 0 Å². The summed E-state index contributed by atoms with van der Waals surface area (Å²) in [5.74, 6) is 0.657. The van der Waals surface area contributed by atoms with Gasteiger partial charge in [-0.05, 0) is 44.0 Å². The molecule has 5 nitrogen and oxygen atoms in total. The molecule has 1 aliphatic heterocycles. The van der Waals surface area contributed by atoms with Gasteiger partial charge in [0, 0.05) is 37.1 Å². The van der Waals surface area contributed by atoms with E-state index in [9.17, 15) is 4.79 Å². The van der Waals surface area contributed by atoms with Crippen molar-refractivity contribution in [1.82, 2.24) is 14.5 Å². The standard InChI is InChI=1S/C19H23N3O2/c1-13-15(7-8-16(20-13)14-5-6-14)19(23)22-10-11-24-12-18(22)17-4-3-9-21(17)2/h3-4,7-9,14,18H,5-6,10-12H2,1-2H3. The molecule has 0 N–H and O–H groups in total. The fourth-order valence-corrected chi connectivity index (χ4v) is 3.48. The number of hydrogen-bond donors (Lipinski definition) is 0. The lowest BCUT2D eigenvalue weighted by atomic mass is 10.1. The summed E-state index contributed by atoms with van der Waals surface area (Å²) in [6.45, 7) is 3.67. The second-order valence-corrected chi connectivity index (χ2v) is 6.78. The van der Waals surface area contributed by atoms with Gasteiger partial charge in [-0.2, -0.15) is 0 Å². The monoisotopic (exact) mass is 325 g/mol. The molecule has 126 valence electrons. The lowest BCUT2D eigenvalue weighted by molar-refractivity contribution is -0.00470. The number of carbonyl (C=O) groups is 1. The zero-order valence-electron chi connectivity index (χ0n) is 14.2. The molecular formula is C19H23N3O2. The average Bonchev–Trinajstić information content (AvgIpc) is 3.36. The van der Waals surface area contributed by atoms with Crippen molar-refractivity contribution < 1.29 is 9.53 Å². The fourth-order valence-electron chi connectivity index (χ4n) is 3.48. The van der Waals surface area contributed by atoms with Gasteiger partial charge in [-0.15, -0.1) is 0 Å². The van der Waals surface area contributed by atoms with Crippen LogP contribution in [0, 0.1) is 6.92 Å². The van der Waals surface area contributed by atoms with E-state index in [0.717, 1.165) is 17.1 Å². The topological polar surface area (TPSA) is 47.4 Å². The SMILES string of the molecule is Cc1nc(C2CC2)ccc1C(=O)N1CCOCC1c1cccn1C. The summed E-state index contributed by atoms with van der Waals surface area (Å²) in [6, 6.07) is 7.99. The normalized spacial score (nSPS) is 21.1. The molecule has 0 bridgehead atoms. The third kappa shape index (κ3) is 2.73. The number of ether oxygens (including phenoxy) is 1. The molecule has 3 heterocycles. The number of nitrogens with zero attached hydrogens (tertiary/aromatic N) is 3. The summed E-state index contributed by atoms with van der Waals surface area (Å²) < 4.78 is 7.70. The van der Waals surface area contributed by atoms with Gasteiger partial charge in [-0.1, -0.05) is 0 Å². The number of carbonyl (C=O) groups excluding carboxylic acids is 1. The van der Waals surface area contributed by atoms with E-state index in [-0.39, 0.29) is 11.9 Å². The summed E-state index contributed by atoms with van der Waals surface area (Å²) >= 11 is 0. The molecule has 2 aromatic heterocycles. The molecule has 0 aromatic carbocycles. The van der Waals surface area contributed by atoms with Crippen LogP contribution in [0.25, 0.3) is 0 Å². The van der Waals surface area contributed by atoms with Crippen LogP contribution in [0.3, 0.4) is 0 Å². The van der Waals surface area contributed by atoms with Crippen LogP contribution in [-0.2, 0) is 11.8 Å². The zero-order chi connectivity index (χ0) is 16.7. The highest BCUT2D eigenvalue weighted by atomic mass is 16.5. The van der Waals surface area contributed by atoms with E-state index >= 15 is 0 Å². The van der Waals surface area contributed by atoms with Crippen molar-refractivity contribution in [1.29, 1.82) is 0 Å². The van der Waals surface area contributed by atoms with Gasteiger partial charge in [0.1, 0.15) is 0 Å². The first kappa shape index (κ1) is 15.4. The van der Waals surface area contributed by atoms with Crippen LogP contribution in [0.2, 0.25) is 0 Å². The predicted molar refractivity (Wildman–Crippen MR) is 91.0 cm³/mol. The van der Waals surface area contributed by atoms with Crippen molar-refractivity contribution >= 4 is 5.91 Å². The number of aromatic nitrogens is 2.